The van der Waals surface area contributed by atoms with E-state index in [9.17, 15) is 14.4 Å². The van der Waals surface area contributed by atoms with E-state index in [1.165, 1.54) is 122 Å². The Balaban J connectivity index is 4.16. The monoisotopic (exact) mass is 664 g/mol. The van der Waals surface area contributed by atoms with Gasteiger partial charge in [-0.05, 0) is 57.8 Å². The van der Waals surface area contributed by atoms with E-state index in [1.54, 1.807) is 0 Å². The van der Waals surface area contributed by atoms with Crippen LogP contribution in [0.4, 0.5) is 0 Å². The minimum Gasteiger partial charge on any atom is -0.480 e. The molecule has 0 aliphatic carbocycles. The number of allylic oxidation sites excluding steroid dienone is 2. The van der Waals surface area contributed by atoms with Crippen LogP contribution >= 0.6 is 0 Å². The van der Waals surface area contributed by atoms with E-state index in [-0.39, 0.29) is 24.5 Å². The van der Waals surface area contributed by atoms with Crippen LogP contribution < -0.4 is 5.32 Å². The summed E-state index contributed by atoms with van der Waals surface area (Å²) in [7, 11) is 0. The first-order chi connectivity index (χ1) is 23.0. The molecule has 0 aliphatic heterocycles. The molecular formula is C41H77NO5. The number of hydrogen-bond acceptors (Lipinski definition) is 4. The van der Waals surface area contributed by atoms with Gasteiger partial charge in [-0.15, -0.1) is 0 Å². The van der Waals surface area contributed by atoms with Crippen LogP contribution in [0.3, 0.4) is 0 Å². The summed E-state index contributed by atoms with van der Waals surface area (Å²) in [6.45, 7) is 4.22. The summed E-state index contributed by atoms with van der Waals surface area (Å²) in [6, 6.07) is 0. The van der Waals surface area contributed by atoms with Gasteiger partial charge in [0.1, 0.15) is 12.6 Å². The van der Waals surface area contributed by atoms with Crippen LogP contribution in [-0.4, -0.2) is 35.6 Å². The van der Waals surface area contributed by atoms with Gasteiger partial charge in [-0.1, -0.05) is 161 Å². The number of carbonyl (C=O) groups is 3. The zero-order valence-corrected chi connectivity index (χ0v) is 31.1. The molecule has 6 heteroatoms. The molecule has 0 radical (unpaired) electrons. The number of unbranched alkanes of at least 4 members (excludes halogenated alkanes) is 24. The lowest BCUT2D eigenvalue weighted by atomic mass is 10.0. The Labute approximate surface area is 291 Å². The summed E-state index contributed by atoms with van der Waals surface area (Å²) in [4.78, 5) is 34.9. The lowest BCUT2D eigenvalue weighted by Crippen LogP contribution is -2.28. The number of hydrogen-bond donors (Lipinski definition) is 2. The molecule has 2 N–H and O–H groups in total. The van der Waals surface area contributed by atoms with Crippen LogP contribution in [-0.2, 0) is 19.1 Å². The summed E-state index contributed by atoms with van der Waals surface area (Å²) >= 11 is 0. The van der Waals surface area contributed by atoms with E-state index < -0.39 is 5.97 Å². The Hall–Kier alpha value is -1.85. The summed E-state index contributed by atoms with van der Waals surface area (Å²) in [5, 5.41) is 11.1. The highest BCUT2D eigenvalue weighted by molar-refractivity contribution is 5.80. The summed E-state index contributed by atoms with van der Waals surface area (Å²) in [5.41, 5.74) is 0. The molecule has 0 saturated carbocycles. The predicted octanol–water partition coefficient (Wildman–Crippen LogP) is 12.2. The maximum atomic E-state index is 12.7. The topological polar surface area (TPSA) is 92.7 Å². The Morgan fingerprint density at radius 2 is 0.936 bits per heavy atom. The average Bonchev–Trinajstić information content (AvgIpc) is 3.05. The van der Waals surface area contributed by atoms with Gasteiger partial charge >= 0.3 is 11.9 Å². The molecule has 1 amide bonds. The predicted molar refractivity (Wildman–Crippen MR) is 199 cm³/mol. The highest BCUT2D eigenvalue weighted by Gasteiger charge is 2.14. The Morgan fingerprint density at radius 3 is 1.45 bits per heavy atom. The van der Waals surface area contributed by atoms with Crippen molar-refractivity contribution in [1.82, 2.24) is 5.32 Å². The third-order valence-corrected chi connectivity index (χ3v) is 9.19. The molecule has 0 bridgehead atoms. The smallest absolute Gasteiger partial charge is 0.322 e. The fourth-order valence-electron chi connectivity index (χ4n) is 6.16. The molecule has 6 nitrogen and oxygen atoms in total. The van der Waals surface area contributed by atoms with Crippen LogP contribution in [0, 0.1) is 0 Å². The molecule has 0 rings (SSSR count). The molecule has 0 saturated heterocycles. The van der Waals surface area contributed by atoms with E-state index >= 15 is 0 Å². The van der Waals surface area contributed by atoms with Crippen molar-refractivity contribution in [3.05, 3.63) is 12.2 Å². The van der Waals surface area contributed by atoms with Crippen LogP contribution in [0.2, 0.25) is 0 Å². The summed E-state index contributed by atoms with van der Waals surface area (Å²) in [5.74, 6) is -1.24. The van der Waals surface area contributed by atoms with Crippen molar-refractivity contribution in [2.75, 3.05) is 6.54 Å². The Bertz CT molecular complexity index is 737. The lowest BCUT2D eigenvalue weighted by molar-refractivity contribution is -0.150. The standard InChI is InChI=1S/C41H77NO5/c1-3-5-7-9-11-13-15-16-17-19-21-23-28-32-36-41(46)47-38(33-29-25-22-20-18-14-12-10-8-6-4-2)34-30-26-24-27-31-35-39(43)42-37-40(44)45/h20,22,38H,3-19,21,23-37H2,1-2H3,(H,42,43)(H,44,45)/b22-20-. The molecule has 276 valence electrons. The largest absolute Gasteiger partial charge is 0.480 e. The molecule has 0 aromatic carbocycles. The quantitative estimate of drug-likeness (QED) is 0.0392. The Kier molecular flexibility index (Phi) is 35.5. The maximum absolute atomic E-state index is 12.7. The molecule has 0 aromatic rings. The minimum atomic E-state index is -1.02. The first kappa shape index (κ1) is 45.2. The van der Waals surface area contributed by atoms with Gasteiger partial charge in [0.05, 0.1) is 0 Å². The third kappa shape index (κ3) is 36.8. The van der Waals surface area contributed by atoms with Crippen molar-refractivity contribution >= 4 is 17.8 Å². The number of amides is 1. The summed E-state index contributed by atoms with van der Waals surface area (Å²) in [6.07, 6.45) is 41.9. The Morgan fingerprint density at radius 1 is 0.532 bits per heavy atom. The van der Waals surface area contributed by atoms with Crippen LogP contribution in [0.5, 0.6) is 0 Å². The highest BCUT2D eigenvalue weighted by Crippen LogP contribution is 2.18. The van der Waals surface area contributed by atoms with Gasteiger partial charge in [-0.25, -0.2) is 0 Å². The van der Waals surface area contributed by atoms with E-state index in [1.807, 2.05) is 0 Å². The maximum Gasteiger partial charge on any atom is 0.322 e. The van der Waals surface area contributed by atoms with Crippen molar-refractivity contribution < 1.29 is 24.2 Å². The molecular weight excluding hydrogens is 586 g/mol. The fraction of sp³-hybridized carbons (Fsp3) is 0.878. The van der Waals surface area contributed by atoms with E-state index in [2.05, 4.69) is 31.3 Å². The van der Waals surface area contributed by atoms with Gasteiger partial charge in [-0.2, -0.15) is 0 Å². The zero-order valence-electron chi connectivity index (χ0n) is 31.1. The molecule has 0 aromatic heterocycles. The van der Waals surface area contributed by atoms with Crippen molar-refractivity contribution in [3.63, 3.8) is 0 Å². The average molecular weight is 664 g/mol. The molecule has 0 fully saturated rings. The molecule has 1 unspecified atom stereocenters. The highest BCUT2D eigenvalue weighted by atomic mass is 16.5. The molecule has 0 aliphatic rings. The van der Waals surface area contributed by atoms with Gasteiger partial charge in [0, 0.05) is 12.8 Å². The third-order valence-electron chi connectivity index (χ3n) is 9.19. The van der Waals surface area contributed by atoms with E-state index in [0.717, 1.165) is 70.6 Å². The second-order valence-electron chi connectivity index (χ2n) is 13.9. The van der Waals surface area contributed by atoms with Crippen molar-refractivity contribution in [2.24, 2.45) is 0 Å². The van der Waals surface area contributed by atoms with Crippen molar-refractivity contribution in [2.45, 2.75) is 225 Å². The zero-order chi connectivity index (χ0) is 34.5. The first-order valence-electron chi connectivity index (χ1n) is 20.3. The molecule has 0 heterocycles. The number of ether oxygens (including phenoxy) is 1. The number of carboxylic acids is 1. The number of esters is 1. The van der Waals surface area contributed by atoms with Gasteiger partial charge in [0.15, 0.2) is 0 Å². The van der Waals surface area contributed by atoms with Crippen LogP contribution in [0.15, 0.2) is 12.2 Å². The van der Waals surface area contributed by atoms with E-state index in [0.29, 0.717) is 12.8 Å². The van der Waals surface area contributed by atoms with Gasteiger partial charge in [0.25, 0.3) is 0 Å². The molecule has 47 heavy (non-hydrogen) atoms. The van der Waals surface area contributed by atoms with Gasteiger partial charge in [0.2, 0.25) is 5.91 Å². The second kappa shape index (κ2) is 37.0. The SMILES string of the molecule is CCCCCCCC/C=C\CCCC(CCCCCCCC(=O)NCC(=O)O)OC(=O)CCCCCCCCCCCCCCCC. The number of carboxylic acid groups (broad SMARTS) is 1. The number of rotatable bonds is 37. The van der Waals surface area contributed by atoms with Crippen molar-refractivity contribution in [1.29, 1.82) is 0 Å². The minimum absolute atomic E-state index is 0.00269. The first-order valence-corrected chi connectivity index (χ1v) is 20.3. The second-order valence-corrected chi connectivity index (χ2v) is 13.9. The van der Waals surface area contributed by atoms with Crippen LogP contribution in [0.25, 0.3) is 0 Å². The molecule has 1 atom stereocenters. The number of nitrogens with one attached hydrogen (secondary N) is 1. The van der Waals surface area contributed by atoms with Crippen molar-refractivity contribution in [3.8, 4) is 0 Å². The lowest BCUT2D eigenvalue weighted by Gasteiger charge is -2.18. The normalized spacial score (nSPS) is 12.0. The molecule has 0 spiro atoms. The number of carbonyl (C=O) groups excluding carboxylic acids is 2. The van der Waals surface area contributed by atoms with Crippen LogP contribution in [0.1, 0.15) is 219 Å². The van der Waals surface area contributed by atoms with Gasteiger partial charge in [-0.3, -0.25) is 14.4 Å². The van der Waals surface area contributed by atoms with E-state index in [4.69, 9.17) is 9.84 Å². The number of aliphatic carboxylic acids is 1. The fourth-order valence-corrected chi connectivity index (χ4v) is 6.16. The summed E-state index contributed by atoms with van der Waals surface area (Å²) < 4.78 is 6.00. The van der Waals surface area contributed by atoms with Gasteiger partial charge < -0.3 is 15.2 Å².